The Labute approximate surface area is 201 Å². The first kappa shape index (κ1) is 23.3. The summed E-state index contributed by atoms with van der Waals surface area (Å²) in [6.07, 6.45) is -1.46. The number of fused-ring (bicyclic) bond motifs is 1. The predicted molar refractivity (Wildman–Crippen MR) is 121 cm³/mol. The minimum atomic E-state index is -4.57. The van der Waals surface area contributed by atoms with Crippen LogP contribution in [0.2, 0.25) is 5.02 Å². The molecule has 7 nitrogen and oxygen atoms in total. The summed E-state index contributed by atoms with van der Waals surface area (Å²) in [6.45, 7) is 1.16. The molecule has 0 bridgehead atoms. The van der Waals surface area contributed by atoms with Crippen LogP contribution in [0.25, 0.3) is 11.0 Å². The molecule has 12 heteroatoms. The van der Waals surface area contributed by atoms with Crippen LogP contribution < -0.4 is 5.32 Å². The number of amides is 1. The van der Waals surface area contributed by atoms with Crippen molar-refractivity contribution < 1.29 is 22.4 Å². The fourth-order valence-electron chi connectivity index (χ4n) is 3.98. The second kappa shape index (κ2) is 8.63. The molecule has 4 aromatic rings. The zero-order valence-electron chi connectivity index (χ0n) is 18.4. The van der Waals surface area contributed by atoms with Crippen LogP contribution in [0.5, 0.6) is 0 Å². The molecule has 3 aromatic heterocycles. The number of pyridine rings is 1. The van der Waals surface area contributed by atoms with Gasteiger partial charge in [-0.25, -0.2) is 14.1 Å². The summed E-state index contributed by atoms with van der Waals surface area (Å²) in [7, 11) is 0. The third-order valence-electron chi connectivity index (χ3n) is 5.78. The molecule has 1 aromatic carbocycles. The minimum Gasteiger partial charge on any atom is -0.308 e. The van der Waals surface area contributed by atoms with E-state index in [1.807, 2.05) is 0 Å². The summed E-state index contributed by atoms with van der Waals surface area (Å²) >= 11 is 6.05. The highest BCUT2D eigenvalue weighted by Gasteiger charge is 2.37. The summed E-state index contributed by atoms with van der Waals surface area (Å²) in [5.41, 5.74) is -0.0159. The number of anilines is 1. The highest BCUT2D eigenvalue weighted by molar-refractivity contribution is 6.31. The Morgan fingerprint density at radius 1 is 1.23 bits per heavy atom. The van der Waals surface area contributed by atoms with Gasteiger partial charge in [0.1, 0.15) is 12.4 Å². The number of halogens is 5. The van der Waals surface area contributed by atoms with E-state index in [9.17, 15) is 22.4 Å². The summed E-state index contributed by atoms with van der Waals surface area (Å²) in [6, 6.07) is 6.96. The second-order valence-electron chi connectivity index (χ2n) is 8.46. The molecule has 3 heterocycles. The molecule has 1 fully saturated rings. The van der Waals surface area contributed by atoms with Crippen LogP contribution in [0.1, 0.15) is 41.3 Å². The number of carbonyl (C=O) groups excluding carboxylic acids is 1. The molecule has 35 heavy (non-hydrogen) atoms. The third-order valence-corrected chi connectivity index (χ3v) is 6.14. The first-order valence-electron chi connectivity index (χ1n) is 10.8. The monoisotopic (exact) mass is 506 g/mol. The highest BCUT2D eigenvalue weighted by atomic mass is 35.5. The second-order valence-corrected chi connectivity index (χ2v) is 8.86. The topological polar surface area (TPSA) is 77.6 Å². The van der Waals surface area contributed by atoms with Crippen molar-refractivity contribution in [3.05, 3.63) is 69.9 Å². The number of hydrogen-bond donors (Lipinski definition) is 1. The number of aromatic nitrogens is 5. The first-order valence-corrected chi connectivity index (χ1v) is 11.2. The Bertz CT molecular complexity index is 1420. The average Bonchev–Trinajstić information content (AvgIpc) is 3.47. The Morgan fingerprint density at radius 3 is 2.69 bits per heavy atom. The van der Waals surface area contributed by atoms with Crippen LogP contribution in [0.4, 0.5) is 23.4 Å². The highest BCUT2D eigenvalue weighted by Crippen LogP contribution is 2.43. The quantitative estimate of drug-likeness (QED) is 0.359. The van der Waals surface area contributed by atoms with E-state index in [1.165, 1.54) is 34.5 Å². The zero-order valence-corrected chi connectivity index (χ0v) is 19.2. The van der Waals surface area contributed by atoms with E-state index in [0.29, 0.717) is 5.69 Å². The van der Waals surface area contributed by atoms with Gasteiger partial charge in [0.05, 0.1) is 23.2 Å². The van der Waals surface area contributed by atoms with Crippen molar-refractivity contribution in [2.75, 3.05) is 5.32 Å². The van der Waals surface area contributed by atoms with Gasteiger partial charge in [-0.1, -0.05) is 17.7 Å². The van der Waals surface area contributed by atoms with Crippen molar-refractivity contribution in [1.82, 2.24) is 24.5 Å². The van der Waals surface area contributed by atoms with Gasteiger partial charge >= 0.3 is 6.18 Å². The standard InChI is InChI=1S/C23H19ClF4N6O/c1-12-21-15(23(26,27)28)9-18(13-5-6-13)29-22(21)34(31-12)11-20(35)30-19-7-8-33(32-19)10-14-16(24)3-2-4-17(14)25/h2-4,7-9,13H,5-6,10-11H2,1H3,(H,30,32,35). The van der Waals surface area contributed by atoms with E-state index in [-0.39, 0.29) is 52.1 Å². The SMILES string of the molecule is Cc1nn(CC(=O)Nc2ccn(Cc3c(F)cccc3Cl)n2)c2nc(C3CC3)cc(C(F)(F)F)c12. The maximum atomic E-state index is 14.0. The van der Waals surface area contributed by atoms with Crippen molar-refractivity contribution in [2.45, 2.75) is 44.9 Å². The predicted octanol–water partition coefficient (Wildman–Crippen LogP) is 5.31. The van der Waals surface area contributed by atoms with E-state index < -0.39 is 23.5 Å². The van der Waals surface area contributed by atoms with Gasteiger partial charge in [-0.15, -0.1) is 0 Å². The lowest BCUT2D eigenvalue weighted by molar-refractivity contribution is -0.136. The first-order chi connectivity index (χ1) is 16.6. The number of nitrogens with zero attached hydrogens (tertiary/aromatic N) is 5. The molecule has 1 N–H and O–H groups in total. The Kier molecular flexibility index (Phi) is 5.74. The van der Waals surface area contributed by atoms with E-state index in [4.69, 9.17) is 11.6 Å². The van der Waals surface area contributed by atoms with Gasteiger partial charge in [0.15, 0.2) is 11.5 Å². The molecule has 0 aliphatic heterocycles. The number of nitrogens with one attached hydrogen (secondary N) is 1. The number of rotatable bonds is 6. The van der Waals surface area contributed by atoms with Gasteiger partial charge in [0.25, 0.3) is 0 Å². The molecule has 1 aliphatic rings. The van der Waals surface area contributed by atoms with Gasteiger partial charge in [-0.2, -0.15) is 23.4 Å². The Balaban J connectivity index is 1.37. The van der Waals surface area contributed by atoms with Crippen molar-refractivity contribution in [2.24, 2.45) is 0 Å². The van der Waals surface area contributed by atoms with Crippen molar-refractivity contribution in [1.29, 1.82) is 0 Å². The lowest BCUT2D eigenvalue weighted by Crippen LogP contribution is -2.20. The van der Waals surface area contributed by atoms with E-state index >= 15 is 0 Å². The maximum Gasteiger partial charge on any atom is 0.417 e. The molecule has 0 atom stereocenters. The van der Waals surface area contributed by atoms with E-state index in [1.54, 1.807) is 12.3 Å². The van der Waals surface area contributed by atoms with Crippen LogP contribution in [0, 0.1) is 12.7 Å². The van der Waals surface area contributed by atoms with Gasteiger partial charge in [-0.3, -0.25) is 9.48 Å². The molecule has 5 rings (SSSR count). The lowest BCUT2D eigenvalue weighted by atomic mass is 10.1. The van der Waals surface area contributed by atoms with Gasteiger partial charge < -0.3 is 5.32 Å². The molecule has 1 saturated carbocycles. The number of carbonyl (C=O) groups is 1. The van der Waals surface area contributed by atoms with Crippen LogP contribution in [-0.4, -0.2) is 30.5 Å². The zero-order chi connectivity index (χ0) is 24.9. The molecule has 0 radical (unpaired) electrons. The number of aryl methyl sites for hydroxylation is 1. The van der Waals surface area contributed by atoms with Crippen LogP contribution >= 0.6 is 11.6 Å². The summed E-state index contributed by atoms with van der Waals surface area (Å²) in [4.78, 5) is 17.1. The smallest absolute Gasteiger partial charge is 0.308 e. The minimum absolute atomic E-state index is 0.00935. The van der Waals surface area contributed by atoms with Crippen molar-refractivity contribution >= 4 is 34.4 Å². The summed E-state index contributed by atoms with van der Waals surface area (Å²) in [5, 5.41) is 11.1. The molecule has 0 saturated heterocycles. The van der Waals surface area contributed by atoms with Crippen molar-refractivity contribution in [3.63, 3.8) is 0 Å². The summed E-state index contributed by atoms with van der Waals surface area (Å²) in [5.74, 6) is -0.838. The fourth-order valence-corrected chi connectivity index (χ4v) is 4.20. The largest absolute Gasteiger partial charge is 0.417 e. The number of alkyl halides is 3. The van der Waals surface area contributed by atoms with Crippen LogP contribution in [0.15, 0.2) is 36.5 Å². The normalized spacial score (nSPS) is 14.0. The molecule has 0 spiro atoms. The van der Waals surface area contributed by atoms with Crippen LogP contribution in [-0.2, 0) is 24.1 Å². The number of hydrogen-bond acceptors (Lipinski definition) is 4. The fraction of sp³-hybridized carbons (Fsp3) is 0.304. The molecular weight excluding hydrogens is 488 g/mol. The van der Waals surface area contributed by atoms with Gasteiger partial charge in [0.2, 0.25) is 5.91 Å². The van der Waals surface area contributed by atoms with Crippen LogP contribution in [0.3, 0.4) is 0 Å². The maximum absolute atomic E-state index is 14.0. The Morgan fingerprint density at radius 2 is 2.00 bits per heavy atom. The summed E-state index contributed by atoms with van der Waals surface area (Å²) < 4.78 is 57.8. The third kappa shape index (κ3) is 4.72. The lowest BCUT2D eigenvalue weighted by Gasteiger charge is -2.11. The van der Waals surface area contributed by atoms with Crippen molar-refractivity contribution in [3.8, 4) is 0 Å². The molecule has 182 valence electrons. The number of benzene rings is 1. The van der Waals surface area contributed by atoms with E-state index in [2.05, 4.69) is 20.5 Å². The molecule has 0 unspecified atom stereocenters. The molecular formula is C23H19ClF4N6O. The Hall–Kier alpha value is -3.47. The van der Waals surface area contributed by atoms with E-state index in [0.717, 1.165) is 18.9 Å². The van der Waals surface area contributed by atoms with Gasteiger partial charge in [-0.05, 0) is 38.0 Å². The van der Waals surface area contributed by atoms with Gasteiger partial charge in [0, 0.05) is 34.5 Å². The average molecular weight is 507 g/mol. The molecule has 1 amide bonds. The molecule has 1 aliphatic carbocycles.